The number of hydrogen-bond donors (Lipinski definition) is 2. The first kappa shape index (κ1) is 10.4. The molecule has 0 bridgehead atoms. The minimum absolute atomic E-state index is 0.208. The molecule has 0 amide bonds. The van der Waals surface area contributed by atoms with E-state index in [0.717, 1.165) is 0 Å². The predicted molar refractivity (Wildman–Crippen MR) is 41.6 cm³/mol. The molecule has 1 heterocycles. The second kappa shape index (κ2) is 7.50. The Balaban J connectivity index is 0.000000183. The second-order valence-corrected chi connectivity index (χ2v) is 2.28. The fourth-order valence-electron chi connectivity index (χ4n) is 0.748. The quantitative estimate of drug-likeness (QED) is 0.602. The van der Waals surface area contributed by atoms with Gasteiger partial charge in [0.2, 0.25) is 0 Å². The minimum Gasteiger partial charge on any atom is -0.480 e. The van der Waals surface area contributed by atoms with Crippen LogP contribution in [-0.4, -0.2) is 37.9 Å². The van der Waals surface area contributed by atoms with Crippen LogP contribution in [0.15, 0.2) is 0 Å². The number of carboxylic acids is 1. The fourth-order valence-corrected chi connectivity index (χ4v) is 0.748. The number of aliphatic carboxylic acids is 1. The van der Waals surface area contributed by atoms with Crippen molar-refractivity contribution in [3.05, 3.63) is 0 Å². The van der Waals surface area contributed by atoms with Gasteiger partial charge in [0.25, 0.3) is 0 Å². The van der Waals surface area contributed by atoms with Crippen LogP contribution in [0.1, 0.15) is 12.8 Å². The molecule has 0 saturated carbocycles. The molecule has 0 aromatic carbocycles. The highest BCUT2D eigenvalue weighted by molar-refractivity contribution is 5.67. The maximum absolute atomic E-state index is 9.47. The summed E-state index contributed by atoms with van der Waals surface area (Å²) in [5.41, 5.74) is 0. The van der Waals surface area contributed by atoms with Gasteiger partial charge in [-0.25, -0.2) is 4.79 Å². The van der Waals surface area contributed by atoms with E-state index in [1.807, 2.05) is 0 Å². The Hall–Kier alpha value is -0.610. The largest absolute Gasteiger partial charge is 0.480 e. The Bertz CT molecular complexity index is 94.2. The van der Waals surface area contributed by atoms with Crippen LogP contribution in [0.5, 0.6) is 0 Å². The molecule has 0 aromatic rings. The highest BCUT2D eigenvalue weighted by Crippen LogP contribution is 1.90. The summed E-state index contributed by atoms with van der Waals surface area (Å²) >= 11 is 0. The van der Waals surface area contributed by atoms with E-state index in [2.05, 4.69) is 10.1 Å². The zero-order chi connectivity index (χ0) is 8.53. The Morgan fingerprint density at radius 1 is 1.55 bits per heavy atom. The molecule has 0 atom stereocenters. The fraction of sp³-hybridized carbons (Fsp3) is 0.857. The summed E-state index contributed by atoms with van der Waals surface area (Å²) in [5, 5.41) is 11.0. The molecular weight excluding hydrogens is 146 g/mol. The molecule has 4 heteroatoms. The number of carbonyl (C=O) groups is 1. The molecule has 4 nitrogen and oxygen atoms in total. The van der Waals surface area contributed by atoms with Crippen molar-refractivity contribution in [2.75, 3.05) is 26.8 Å². The average Bonchev–Trinajstić information content (AvgIpc) is 2.41. The summed E-state index contributed by atoms with van der Waals surface area (Å²) in [4.78, 5) is 9.47. The van der Waals surface area contributed by atoms with E-state index >= 15 is 0 Å². The van der Waals surface area contributed by atoms with Crippen molar-refractivity contribution >= 4 is 5.97 Å². The normalized spacial score (nSPS) is 15.4. The first-order chi connectivity index (χ1) is 5.27. The molecule has 1 aliphatic rings. The van der Waals surface area contributed by atoms with Gasteiger partial charge in [0.1, 0.15) is 6.61 Å². The summed E-state index contributed by atoms with van der Waals surface area (Å²) in [6.45, 7) is 2.29. The van der Waals surface area contributed by atoms with Gasteiger partial charge >= 0.3 is 5.97 Å². The maximum atomic E-state index is 9.47. The third kappa shape index (κ3) is 9.39. The molecule has 0 aromatic heterocycles. The van der Waals surface area contributed by atoms with Gasteiger partial charge in [-0.15, -0.1) is 0 Å². The van der Waals surface area contributed by atoms with Gasteiger partial charge in [-0.1, -0.05) is 0 Å². The third-order valence-electron chi connectivity index (χ3n) is 1.22. The van der Waals surface area contributed by atoms with Crippen LogP contribution in [0.4, 0.5) is 0 Å². The molecule has 2 N–H and O–H groups in total. The second-order valence-electron chi connectivity index (χ2n) is 2.28. The lowest BCUT2D eigenvalue weighted by Gasteiger charge is -1.83. The van der Waals surface area contributed by atoms with Crippen LogP contribution >= 0.6 is 0 Å². The molecule has 1 aliphatic heterocycles. The standard InChI is InChI=1S/C4H9N.C3H6O3/c1-2-4-5-3-1;1-6-2-3(4)5/h5H,1-4H2;2H2,1H3,(H,4,5). The number of methoxy groups -OCH3 is 1. The van der Waals surface area contributed by atoms with Crippen molar-refractivity contribution < 1.29 is 14.6 Å². The topological polar surface area (TPSA) is 58.6 Å². The average molecular weight is 161 g/mol. The lowest BCUT2D eigenvalue weighted by Crippen LogP contribution is -2.03. The highest BCUT2D eigenvalue weighted by Gasteiger charge is 1.93. The van der Waals surface area contributed by atoms with Crippen LogP contribution in [0.3, 0.4) is 0 Å². The van der Waals surface area contributed by atoms with E-state index in [4.69, 9.17) is 5.11 Å². The number of hydrogen-bond acceptors (Lipinski definition) is 3. The van der Waals surface area contributed by atoms with Gasteiger partial charge in [0.05, 0.1) is 0 Å². The first-order valence-corrected chi connectivity index (χ1v) is 3.69. The number of rotatable bonds is 2. The molecule has 66 valence electrons. The Labute approximate surface area is 66.5 Å². The van der Waals surface area contributed by atoms with Gasteiger partial charge < -0.3 is 15.2 Å². The van der Waals surface area contributed by atoms with Gasteiger partial charge in [-0.05, 0) is 25.9 Å². The monoisotopic (exact) mass is 161 g/mol. The van der Waals surface area contributed by atoms with Gasteiger partial charge in [0, 0.05) is 7.11 Å². The van der Waals surface area contributed by atoms with E-state index in [9.17, 15) is 4.79 Å². The third-order valence-corrected chi connectivity index (χ3v) is 1.22. The summed E-state index contributed by atoms with van der Waals surface area (Å²) in [6, 6.07) is 0. The van der Waals surface area contributed by atoms with Crippen molar-refractivity contribution in [1.82, 2.24) is 5.32 Å². The van der Waals surface area contributed by atoms with Crippen molar-refractivity contribution in [1.29, 1.82) is 0 Å². The van der Waals surface area contributed by atoms with Gasteiger partial charge in [0.15, 0.2) is 0 Å². The van der Waals surface area contributed by atoms with E-state index in [1.54, 1.807) is 0 Å². The van der Waals surface area contributed by atoms with E-state index in [0.29, 0.717) is 0 Å². The molecule has 0 aliphatic carbocycles. The number of ether oxygens (including phenoxy) is 1. The minimum atomic E-state index is -0.933. The zero-order valence-electron chi connectivity index (χ0n) is 6.80. The maximum Gasteiger partial charge on any atom is 0.329 e. The van der Waals surface area contributed by atoms with E-state index < -0.39 is 5.97 Å². The van der Waals surface area contributed by atoms with Crippen LogP contribution in [0, 0.1) is 0 Å². The first-order valence-electron chi connectivity index (χ1n) is 3.69. The van der Waals surface area contributed by atoms with Crippen LogP contribution in [0.25, 0.3) is 0 Å². The summed E-state index contributed by atoms with van der Waals surface area (Å²) in [5.74, 6) is -0.933. The van der Waals surface area contributed by atoms with Crippen LogP contribution in [-0.2, 0) is 9.53 Å². The lowest BCUT2D eigenvalue weighted by atomic mass is 10.4. The Kier molecular flexibility index (Phi) is 7.08. The molecular formula is C7H15NO3. The molecule has 0 spiro atoms. The SMILES string of the molecule is C1CCNC1.COCC(=O)O. The van der Waals surface area contributed by atoms with Crippen LogP contribution < -0.4 is 5.32 Å². The molecule has 0 unspecified atom stereocenters. The van der Waals surface area contributed by atoms with E-state index in [1.165, 1.54) is 33.0 Å². The predicted octanol–water partition coefficient (Wildman–Crippen LogP) is 0.0872. The van der Waals surface area contributed by atoms with Gasteiger partial charge in [-0.3, -0.25) is 0 Å². The molecule has 1 rings (SSSR count). The van der Waals surface area contributed by atoms with Crippen molar-refractivity contribution in [2.24, 2.45) is 0 Å². The summed E-state index contributed by atoms with van der Waals surface area (Å²) in [7, 11) is 1.34. The van der Waals surface area contributed by atoms with Gasteiger partial charge in [-0.2, -0.15) is 0 Å². The van der Waals surface area contributed by atoms with E-state index in [-0.39, 0.29) is 6.61 Å². The number of carboxylic acid groups (broad SMARTS) is 1. The molecule has 11 heavy (non-hydrogen) atoms. The molecule has 1 fully saturated rings. The Morgan fingerprint density at radius 2 is 2.09 bits per heavy atom. The molecule has 1 saturated heterocycles. The Morgan fingerprint density at radius 3 is 2.18 bits per heavy atom. The smallest absolute Gasteiger partial charge is 0.329 e. The van der Waals surface area contributed by atoms with Crippen molar-refractivity contribution in [3.8, 4) is 0 Å². The lowest BCUT2D eigenvalue weighted by molar-refractivity contribution is -0.141. The molecule has 0 radical (unpaired) electrons. The van der Waals surface area contributed by atoms with Crippen LogP contribution in [0.2, 0.25) is 0 Å². The van der Waals surface area contributed by atoms with Crippen molar-refractivity contribution in [3.63, 3.8) is 0 Å². The summed E-state index contributed by atoms with van der Waals surface area (Å²) < 4.78 is 4.20. The zero-order valence-corrected chi connectivity index (χ0v) is 6.80. The summed E-state index contributed by atoms with van der Waals surface area (Å²) in [6.07, 6.45) is 2.78. The number of nitrogens with one attached hydrogen (secondary N) is 1. The highest BCUT2D eigenvalue weighted by atomic mass is 16.5. The van der Waals surface area contributed by atoms with Crippen molar-refractivity contribution in [2.45, 2.75) is 12.8 Å².